The number of aliphatic hydroxyl groups is 1. The maximum atomic E-state index is 11.5. The van der Waals surface area contributed by atoms with E-state index in [1.807, 2.05) is 20.8 Å². The van der Waals surface area contributed by atoms with E-state index in [1.165, 1.54) is 0 Å². The lowest BCUT2D eigenvalue weighted by Crippen LogP contribution is -2.54. The summed E-state index contributed by atoms with van der Waals surface area (Å²) in [5.74, 6) is 0.632. The van der Waals surface area contributed by atoms with Gasteiger partial charge in [0.1, 0.15) is 5.60 Å². The molecule has 5 heteroatoms. The molecule has 0 aromatic carbocycles. The van der Waals surface area contributed by atoms with Crippen molar-refractivity contribution in [3.63, 3.8) is 0 Å². The Bertz CT molecular complexity index is 315. The number of alkyl carbamates (subject to hydrolysis) is 1. The number of ether oxygens (including phenoxy) is 1. The molecular formula is C14H26N2O3. The summed E-state index contributed by atoms with van der Waals surface area (Å²) in [4.78, 5) is 11.5. The topological polar surface area (TPSA) is 70.6 Å². The maximum Gasteiger partial charge on any atom is 0.407 e. The van der Waals surface area contributed by atoms with Crippen molar-refractivity contribution in [1.29, 1.82) is 0 Å². The van der Waals surface area contributed by atoms with Crippen LogP contribution in [-0.2, 0) is 4.74 Å². The van der Waals surface area contributed by atoms with Crippen molar-refractivity contribution in [2.24, 2.45) is 5.92 Å². The average Bonchev–Trinajstić information content (AvgIpc) is 2.14. The van der Waals surface area contributed by atoms with Gasteiger partial charge in [-0.15, -0.1) is 0 Å². The number of hydrogen-bond acceptors (Lipinski definition) is 4. The van der Waals surface area contributed by atoms with Gasteiger partial charge in [0.25, 0.3) is 0 Å². The fourth-order valence-electron chi connectivity index (χ4n) is 2.58. The van der Waals surface area contributed by atoms with Crippen molar-refractivity contribution >= 4 is 6.09 Å². The number of aliphatic hydroxyl groups excluding tert-OH is 1. The monoisotopic (exact) mass is 270 g/mol. The van der Waals surface area contributed by atoms with Gasteiger partial charge in [-0.1, -0.05) is 0 Å². The average molecular weight is 270 g/mol. The van der Waals surface area contributed by atoms with Gasteiger partial charge < -0.3 is 20.5 Å². The number of carbonyl (C=O) groups excluding carboxylic acids is 1. The molecule has 0 aromatic heterocycles. The number of nitrogens with one attached hydrogen (secondary N) is 2. The highest BCUT2D eigenvalue weighted by atomic mass is 16.6. The van der Waals surface area contributed by atoms with Crippen LogP contribution >= 0.6 is 0 Å². The maximum absolute atomic E-state index is 11.5. The van der Waals surface area contributed by atoms with Crippen LogP contribution in [-0.4, -0.2) is 41.5 Å². The fraction of sp³-hybridized carbons (Fsp3) is 0.929. The zero-order chi connectivity index (χ0) is 14.0. The molecule has 0 aromatic rings. The molecule has 2 rings (SSSR count). The van der Waals surface area contributed by atoms with Crippen LogP contribution in [0, 0.1) is 5.92 Å². The minimum atomic E-state index is -0.434. The highest BCUT2D eigenvalue weighted by molar-refractivity contribution is 5.68. The van der Waals surface area contributed by atoms with E-state index in [2.05, 4.69) is 10.6 Å². The first-order chi connectivity index (χ1) is 8.82. The van der Waals surface area contributed by atoms with Crippen LogP contribution in [0.5, 0.6) is 0 Å². The molecule has 2 fully saturated rings. The first-order valence-corrected chi connectivity index (χ1v) is 7.23. The predicted octanol–water partition coefficient (Wildman–Crippen LogP) is 1.40. The van der Waals surface area contributed by atoms with Crippen molar-refractivity contribution in [2.45, 2.75) is 70.2 Å². The van der Waals surface area contributed by atoms with Crippen molar-refractivity contribution in [2.75, 3.05) is 6.54 Å². The van der Waals surface area contributed by atoms with Crippen LogP contribution in [0.2, 0.25) is 0 Å². The summed E-state index contributed by atoms with van der Waals surface area (Å²) in [5, 5.41) is 15.6. The van der Waals surface area contributed by atoms with Crippen LogP contribution in [0.4, 0.5) is 4.79 Å². The van der Waals surface area contributed by atoms with E-state index in [1.54, 1.807) is 0 Å². The summed E-state index contributed by atoms with van der Waals surface area (Å²) < 4.78 is 5.22. The molecule has 0 aliphatic heterocycles. The van der Waals surface area contributed by atoms with Crippen LogP contribution in [0.15, 0.2) is 0 Å². The third-order valence-electron chi connectivity index (χ3n) is 3.76. The molecule has 19 heavy (non-hydrogen) atoms. The summed E-state index contributed by atoms with van der Waals surface area (Å²) in [6.45, 7) is 6.58. The lowest BCUT2D eigenvalue weighted by Gasteiger charge is -2.39. The van der Waals surface area contributed by atoms with E-state index in [9.17, 15) is 9.90 Å². The van der Waals surface area contributed by atoms with Gasteiger partial charge in [0, 0.05) is 12.1 Å². The first-order valence-electron chi connectivity index (χ1n) is 7.23. The summed E-state index contributed by atoms with van der Waals surface area (Å²) in [6.07, 6.45) is 3.40. The molecule has 0 bridgehead atoms. The van der Waals surface area contributed by atoms with E-state index < -0.39 is 5.60 Å². The van der Waals surface area contributed by atoms with Crippen molar-refractivity contribution < 1.29 is 14.6 Å². The summed E-state index contributed by atoms with van der Waals surface area (Å²) in [7, 11) is 0. The Kier molecular flexibility index (Phi) is 4.36. The van der Waals surface area contributed by atoms with Gasteiger partial charge in [0.2, 0.25) is 0 Å². The Morgan fingerprint density at radius 2 is 1.84 bits per heavy atom. The van der Waals surface area contributed by atoms with Crippen LogP contribution in [0.25, 0.3) is 0 Å². The molecule has 0 atom stereocenters. The van der Waals surface area contributed by atoms with Gasteiger partial charge in [0.15, 0.2) is 0 Å². The molecule has 2 saturated carbocycles. The Morgan fingerprint density at radius 1 is 1.21 bits per heavy atom. The Hall–Kier alpha value is -0.810. The highest BCUT2D eigenvalue weighted by Crippen LogP contribution is 2.27. The summed E-state index contributed by atoms with van der Waals surface area (Å²) in [6, 6.07) is 0.733. The molecule has 0 saturated heterocycles. The van der Waals surface area contributed by atoms with Crippen molar-refractivity contribution in [1.82, 2.24) is 10.6 Å². The molecule has 0 unspecified atom stereocenters. The van der Waals surface area contributed by atoms with Gasteiger partial charge in [-0.2, -0.15) is 0 Å². The van der Waals surface area contributed by atoms with E-state index in [0.717, 1.165) is 32.2 Å². The van der Waals surface area contributed by atoms with Gasteiger partial charge in [-0.25, -0.2) is 4.79 Å². The zero-order valence-corrected chi connectivity index (χ0v) is 12.1. The number of hydrogen-bond donors (Lipinski definition) is 3. The number of carbonyl (C=O) groups is 1. The second-order valence-electron chi connectivity index (χ2n) is 6.91. The lowest BCUT2D eigenvalue weighted by molar-refractivity contribution is 0.0366. The number of amides is 1. The predicted molar refractivity (Wildman–Crippen MR) is 72.9 cm³/mol. The minimum absolute atomic E-state index is 0.0743. The normalized spacial score (nSPS) is 34.1. The molecule has 0 heterocycles. The fourth-order valence-corrected chi connectivity index (χ4v) is 2.58. The summed E-state index contributed by atoms with van der Waals surface area (Å²) in [5.41, 5.74) is -0.434. The molecule has 1 amide bonds. The molecule has 2 aliphatic carbocycles. The van der Waals surface area contributed by atoms with E-state index in [-0.39, 0.29) is 18.2 Å². The van der Waals surface area contributed by atoms with Gasteiger partial charge in [0.05, 0.1) is 6.10 Å². The Morgan fingerprint density at radius 3 is 2.37 bits per heavy atom. The second kappa shape index (κ2) is 5.67. The Labute approximate surface area is 115 Å². The minimum Gasteiger partial charge on any atom is -0.444 e. The molecule has 3 N–H and O–H groups in total. The largest absolute Gasteiger partial charge is 0.444 e. The first kappa shape index (κ1) is 14.6. The van der Waals surface area contributed by atoms with Crippen LogP contribution < -0.4 is 10.6 Å². The van der Waals surface area contributed by atoms with Crippen molar-refractivity contribution in [3.8, 4) is 0 Å². The molecule has 5 nitrogen and oxygen atoms in total. The van der Waals surface area contributed by atoms with E-state index in [4.69, 9.17) is 4.74 Å². The van der Waals surface area contributed by atoms with Crippen molar-refractivity contribution in [3.05, 3.63) is 0 Å². The van der Waals surface area contributed by atoms with Gasteiger partial charge in [-0.3, -0.25) is 0 Å². The molecule has 0 radical (unpaired) electrons. The standard InChI is InChI=1S/C14H26N2O3/c1-14(2,3)19-13(18)16-11-6-10(7-11)15-8-9-4-12(17)5-9/h9-12,15,17H,4-8H2,1-3H3,(H,16,18). The second-order valence-corrected chi connectivity index (χ2v) is 6.91. The SMILES string of the molecule is CC(C)(C)OC(=O)NC1CC(NCC2CC(O)C2)C1. The van der Waals surface area contributed by atoms with Gasteiger partial charge in [-0.05, 0) is 58.9 Å². The van der Waals surface area contributed by atoms with E-state index in [0.29, 0.717) is 12.0 Å². The van der Waals surface area contributed by atoms with Crippen LogP contribution in [0.1, 0.15) is 46.5 Å². The molecular weight excluding hydrogens is 244 g/mol. The van der Waals surface area contributed by atoms with Crippen LogP contribution in [0.3, 0.4) is 0 Å². The van der Waals surface area contributed by atoms with E-state index >= 15 is 0 Å². The molecule has 2 aliphatic rings. The van der Waals surface area contributed by atoms with Gasteiger partial charge >= 0.3 is 6.09 Å². The summed E-state index contributed by atoms with van der Waals surface area (Å²) >= 11 is 0. The zero-order valence-electron chi connectivity index (χ0n) is 12.1. The lowest BCUT2D eigenvalue weighted by atomic mass is 9.81. The third-order valence-corrected chi connectivity index (χ3v) is 3.76. The number of rotatable bonds is 4. The highest BCUT2D eigenvalue weighted by Gasteiger charge is 2.33. The Balaban J connectivity index is 1.52. The molecule has 0 spiro atoms. The third kappa shape index (κ3) is 4.66. The smallest absolute Gasteiger partial charge is 0.407 e. The quantitative estimate of drug-likeness (QED) is 0.722. The molecule has 110 valence electrons.